The molecule has 5 atom stereocenters. The molecule has 1 aromatic rings. The molecule has 0 radical (unpaired) electrons. The lowest BCUT2D eigenvalue weighted by Gasteiger charge is -2.21. The number of ether oxygens (including phenoxy) is 2. The van der Waals surface area contributed by atoms with Crippen LogP contribution in [0.1, 0.15) is 17.5 Å². The van der Waals surface area contributed by atoms with Gasteiger partial charge >= 0.3 is 6.16 Å². The summed E-state index contributed by atoms with van der Waals surface area (Å²) in [6.45, 7) is -1.09. The SMILES string of the molecule is O=C1OC(CO)C(Cc2cnc(C(O)C(O)C(O)CO)cn2)O1. The van der Waals surface area contributed by atoms with Crippen LogP contribution in [0.2, 0.25) is 0 Å². The van der Waals surface area contributed by atoms with Gasteiger partial charge in [0.2, 0.25) is 0 Å². The highest BCUT2D eigenvalue weighted by atomic mass is 16.8. The number of aliphatic hydroxyl groups is 5. The summed E-state index contributed by atoms with van der Waals surface area (Å²) in [7, 11) is 0. The number of cyclic esters (lactones) is 2. The standard InChI is InChI=1S/C13H18N2O8/c16-4-8(18)12(20)11(19)7-3-14-6(2-15-7)1-9-10(5-17)23-13(21)22-9/h2-3,8-12,16-20H,1,4-5H2. The molecule has 0 aromatic carbocycles. The molecule has 2 rings (SSSR count). The van der Waals surface area contributed by atoms with E-state index in [0.717, 1.165) is 0 Å². The highest BCUT2D eigenvalue weighted by Gasteiger charge is 2.36. The fourth-order valence-corrected chi connectivity index (χ4v) is 2.08. The van der Waals surface area contributed by atoms with E-state index in [1.165, 1.54) is 12.4 Å². The maximum absolute atomic E-state index is 11.0. The van der Waals surface area contributed by atoms with Crippen LogP contribution in [0.4, 0.5) is 4.79 Å². The van der Waals surface area contributed by atoms with Crippen molar-refractivity contribution in [3.63, 3.8) is 0 Å². The van der Waals surface area contributed by atoms with Gasteiger partial charge in [0.15, 0.2) is 12.2 Å². The molecule has 0 bridgehead atoms. The number of aliphatic hydroxyl groups excluding tert-OH is 5. The van der Waals surface area contributed by atoms with E-state index in [1.54, 1.807) is 0 Å². The van der Waals surface area contributed by atoms with Gasteiger partial charge in [-0.2, -0.15) is 0 Å². The molecule has 5 N–H and O–H groups in total. The van der Waals surface area contributed by atoms with E-state index in [2.05, 4.69) is 9.97 Å². The van der Waals surface area contributed by atoms with Crippen LogP contribution in [0.25, 0.3) is 0 Å². The van der Waals surface area contributed by atoms with Crippen molar-refractivity contribution < 1.29 is 39.8 Å². The van der Waals surface area contributed by atoms with Gasteiger partial charge in [0.25, 0.3) is 0 Å². The van der Waals surface area contributed by atoms with Crippen LogP contribution in [-0.4, -0.2) is 79.3 Å². The number of rotatable bonds is 7. The Bertz CT molecular complexity index is 525. The van der Waals surface area contributed by atoms with Gasteiger partial charge in [-0.05, 0) is 0 Å². The van der Waals surface area contributed by atoms with Gasteiger partial charge in [-0.1, -0.05) is 0 Å². The lowest BCUT2D eigenvalue weighted by Crippen LogP contribution is -2.35. The van der Waals surface area contributed by atoms with E-state index in [9.17, 15) is 20.1 Å². The molecule has 1 aromatic heterocycles. The molecule has 23 heavy (non-hydrogen) atoms. The van der Waals surface area contributed by atoms with Crippen LogP contribution < -0.4 is 0 Å². The van der Waals surface area contributed by atoms with Crippen LogP contribution >= 0.6 is 0 Å². The zero-order valence-corrected chi connectivity index (χ0v) is 12.0. The quantitative estimate of drug-likeness (QED) is 0.342. The number of aromatic nitrogens is 2. The summed E-state index contributed by atoms with van der Waals surface area (Å²) in [5.74, 6) is 0. The van der Waals surface area contributed by atoms with Crippen LogP contribution in [0.15, 0.2) is 12.4 Å². The minimum atomic E-state index is -1.61. The Morgan fingerprint density at radius 1 is 1.09 bits per heavy atom. The fraction of sp³-hybridized carbons (Fsp3) is 0.615. The minimum Gasteiger partial charge on any atom is -0.426 e. The number of hydrogen-bond donors (Lipinski definition) is 5. The van der Waals surface area contributed by atoms with Crippen molar-refractivity contribution in [2.24, 2.45) is 0 Å². The first-order valence-electron chi connectivity index (χ1n) is 6.90. The number of carbonyl (C=O) groups excluding carboxylic acids is 1. The average molecular weight is 330 g/mol. The molecule has 1 aliphatic heterocycles. The third kappa shape index (κ3) is 4.12. The summed E-state index contributed by atoms with van der Waals surface area (Å²) < 4.78 is 9.64. The summed E-state index contributed by atoms with van der Waals surface area (Å²) in [6, 6.07) is 0. The molecule has 0 saturated carbocycles. The van der Waals surface area contributed by atoms with E-state index >= 15 is 0 Å². The Kier molecular flexibility index (Phi) is 5.80. The van der Waals surface area contributed by atoms with Crippen LogP contribution in [-0.2, 0) is 15.9 Å². The molecule has 10 heteroatoms. The largest absolute Gasteiger partial charge is 0.509 e. The Morgan fingerprint density at radius 2 is 1.78 bits per heavy atom. The summed E-state index contributed by atoms with van der Waals surface area (Å²) in [4.78, 5) is 19.0. The second-order valence-electron chi connectivity index (χ2n) is 5.07. The summed E-state index contributed by atoms with van der Waals surface area (Å²) >= 11 is 0. The second kappa shape index (κ2) is 7.62. The molecule has 0 amide bonds. The summed E-state index contributed by atoms with van der Waals surface area (Å²) in [5.41, 5.74) is 0.423. The van der Waals surface area contributed by atoms with E-state index in [0.29, 0.717) is 5.69 Å². The van der Waals surface area contributed by atoms with Gasteiger partial charge in [0.05, 0.1) is 30.8 Å². The Morgan fingerprint density at radius 3 is 2.35 bits per heavy atom. The first-order chi connectivity index (χ1) is 11.0. The van der Waals surface area contributed by atoms with Gasteiger partial charge in [0.1, 0.15) is 18.3 Å². The van der Waals surface area contributed by atoms with Gasteiger partial charge in [0, 0.05) is 12.6 Å². The fourth-order valence-electron chi connectivity index (χ4n) is 2.08. The van der Waals surface area contributed by atoms with Crippen molar-refractivity contribution in [3.05, 3.63) is 23.8 Å². The Labute approximate surface area is 131 Å². The molecule has 0 spiro atoms. The topological polar surface area (TPSA) is 162 Å². The molecule has 10 nitrogen and oxygen atoms in total. The maximum atomic E-state index is 11.0. The smallest absolute Gasteiger partial charge is 0.426 e. The molecule has 5 unspecified atom stereocenters. The maximum Gasteiger partial charge on any atom is 0.509 e. The van der Waals surface area contributed by atoms with Gasteiger partial charge in [-0.25, -0.2) is 4.79 Å². The van der Waals surface area contributed by atoms with Crippen LogP contribution in [0, 0.1) is 0 Å². The molecule has 128 valence electrons. The summed E-state index contributed by atoms with van der Waals surface area (Å²) in [5, 5.41) is 46.6. The van der Waals surface area contributed by atoms with Crippen molar-refractivity contribution in [1.29, 1.82) is 0 Å². The molecule has 2 heterocycles. The van der Waals surface area contributed by atoms with Crippen molar-refractivity contribution in [1.82, 2.24) is 9.97 Å². The molecule has 1 saturated heterocycles. The van der Waals surface area contributed by atoms with Crippen molar-refractivity contribution in [3.8, 4) is 0 Å². The van der Waals surface area contributed by atoms with E-state index in [1.807, 2.05) is 0 Å². The molecule has 1 fully saturated rings. The molecular weight excluding hydrogens is 312 g/mol. The predicted octanol–water partition coefficient (Wildman–Crippen LogP) is -2.34. The predicted molar refractivity (Wildman–Crippen MR) is 72.0 cm³/mol. The van der Waals surface area contributed by atoms with E-state index < -0.39 is 43.3 Å². The first kappa shape index (κ1) is 17.5. The third-order valence-electron chi connectivity index (χ3n) is 3.43. The average Bonchev–Trinajstić information content (AvgIpc) is 2.92. The lowest BCUT2D eigenvalue weighted by molar-refractivity contribution is -0.0790. The van der Waals surface area contributed by atoms with Crippen LogP contribution in [0.3, 0.4) is 0 Å². The van der Waals surface area contributed by atoms with Gasteiger partial charge < -0.3 is 35.0 Å². The van der Waals surface area contributed by atoms with Gasteiger partial charge in [-0.15, -0.1) is 0 Å². The lowest BCUT2D eigenvalue weighted by atomic mass is 10.1. The highest BCUT2D eigenvalue weighted by Crippen LogP contribution is 2.20. The third-order valence-corrected chi connectivity index (χ3v) is 3.43. The van der Waals surface area contributed by atoms with E-state index in [4.69, 9.17) is 19.7 Å². The van der Waals surface area contributed by atoms with Gasteiger partial charge in [-0.3, -0.25) is 9.97 Å². The Balaban J connectivity index is 2.00. The number of carbonyl (C=O) groups is 1. The van der Waals surface area contributed by atoms with Crippen molar-refractivity contribution in [2.75, 3.05) is 13.2 Å². The molecular formula is C13H18N2O8. The highest BCUT2D eigenvalue weighted by molar-refractivity contribution is 5.62. The zero-order chi connectivity index (χ0) is 17.0. The first-order valence-corrected chi connectivity index (χ1v) is 6.90. The Hall–Kier alpha value is -1.85. The number of hydrogen-bond acceptors (Lipinski definition) is 10. The zero-order valence-electron chi connectivity index (χ0n) is 12.0. The number of nitrogens with zero attached hydrogens (tertiary/aromatic N) is 2. The van der Waals surface area contributed by atoms with Crippen LogP contribution in [0.5, 0.6) is 0 Å². The second-order valence-corrected chi connectivity index (χ2v) is 5.07. The summed E-state index contributed by atoms with van der Waals surface area (Å²) in [6.07, 6.45) is -4.32. The van der Waals surface area contributed by atoms with E-state index in [-0.39, 0.29) is 18.7 Å². The minimum absolute atomic E-state index is 0.00660. The monoisotopic (exact) mass is 330 g/mol. The van der Waals surface area contributed by atoms with Crippen molar-refractivity contribution >= 4 is 6.16 Å². The van der Waals surface area contributed by atoms with Crippen molar-refractivity contribution in [2.45, 2.75) is 36.9 Å². The molecule has 1 aliphatic rings. The normalized spacial score (nSPS) is 24.7. The molecule has 0 aliphatic carbocycles.